The largest absolute Gasteiger partial charge is 0.445 e. The topological polar surface area (TPSA) is 38.3 Å². The highest BCUT2D eigenvalue weighted by molar-refractivity contribution is 5.67. The molecule has 0 bridgehead atoms. The third-order valence-electron chi connectivity index (χ3n) is 2.85. The van der Waals surface area contributed by atoms with E-state index in [0.717, 1.165) is 11.1 Å². The van der Waals surface area contributed by atoms with Crippen molar-refractivity contribution in [1.29, 1.82) is 0 Å². The minimum atomic E-state index is -0.403. The zero-order valence-corrected chi connectivity index (χ0v) is 12.9. The molecule has 1 unspecified atom stereocenters. The van der Waals surface area contributed by atoms with Gasteiger partial charge in [0.1, 0.15) is 6.61 Å². The first-order chi connectivity index (χ1) is 10.3. The number of ether oxygens (including phenoxy) is 1. The van der Waals surface area contributed by atoms with Crippen molar-refractivity contribution in [2.45, 2.75) is 33.4 Å². The molecule has 112 valence electrons. The number of hydrogen-bond donors (Lipinski definition) is 1. The van der Waals surface area contributed by atoms with Gasteiger partial charge in [0, 0.05) is 0 Å². The average Bonchev–Trinajstić information content (AvgIpc) is 2.56. The van der Waals surface area contributed by atoms with Gasteiger partial charge >= 0.3 is 6.09 Å². The number of alkyl carbamates (subject to hydrolysis) is 1. The summed E-state index contributed by atoms with van der Waals surface area (Å²) in [5.41, 5.74) is 2.03. The van der Waals surface area contributed by atoms with E-state index < -0.39 is 6.09 Å². The van der Waals surface area contributed by atoms with Crippen LogP contribution in [0.5, 0.6) is 0 Å². The van der Waals surface area contributed by atoms with Gasteiger partial charge < -0.3 is 10.1 Å². The van der Waals surface area contributed by atoms with Crippen LogP contribution in [-0.2, 0) is 11.3 Å². The van der Waals surface area contributed by atoms with Gasteiger partial charge in [0.15, 0.2) is 0 Å². The second kappa shape index (κ2) is 9.59. The Morgan fingerprint density at radius 1 is 1.00 bits per heavy atom. The Labute approximate surface area is 127 Å². The number of nitrogens with one attached hydrogen (secondary N) is 1. The Kier molecular flexibility index (Phi) is 7.65. The van der Waals surface area contributed by atoms with Gasteiger partial charge in [-0.1, -0.05) is 74.5 Å². The van der Waals surface area contributed by atoms with Crippen molar-refractivity contribution >= 4 is 6.09 Å². The molecule has 1 amide bonds. The van der Waals surface area contributed by atoms with Crippen LogP contribution in [0.25, 0.3) is 0 Å². The van der Waals surface area contributed by atoms with Gasteiger partial charge in [-0.3, -0.25) is 0 Å². The average molecular weight is 285 g/mol. The fourth-order valence-electron chi connectivity index (χ4n) is 1.77. The maximum atomic E-state index is 11.7. The van der Waals surface area contributed by atoms with Gasteiger partial charge in [0.2, 0.25) is 0 Å². The molecule has 0 spiro atoms. The lowest BCUT2D eigenvalue weighted by Crippen LogP contribution is -2.27. The van der Waals surface area contributed by atoms with Crippen molar-refractivity contribution in [3.8, 4) is 0 Å². The summed E-state index contributed by atoms with van der Waals surface area (Å²) < 4.78 is 5.17. The minimum Gasteiger partial charge on any atom is -0.445 e. The molecular weight excluding hydrogens is 262 g/mol. The summed E-state index contributed by atoms with van der Waals surface area (Å²) in [6, 6.07) is 19.3. The van der Waals surface area contributed by atoms with Crippen LogP contribution in [0.1, 0.15) is 37.9 Å². The van der Waals surface area contributed by atoms with Crippen LogP contribution in [0.3, 0.4) is 0 Å². The van der Waals surface area contributed by atoms with Crippen molar-refractivity contribution in [2.75, 3.05) is 0 Å². The van der Waals surface area contributed by atoms with Crippen LogP contribution in [0.2, 0.25) is 0 Å². The highest BCUT2D eigenvalue weighted by atomic mass is 16.5. The first-order valence-electron chi connectivity index (χ1n) is 7.28. The molecule has 3 heteroatoms. The summed E-state index contributed by atoms with van der Waals surface area (Å²) in [7, 11) is 0. The van der Waals surface area contributed by atoms with E-state index in [1.807, 2.05) is 81.4 Å². The van der Waals surface area contributed by atoms with E-state index in [0.29, 0.717) is 0 Å². The lowest BCUT2D eigenvalue weighted by molar-refractivity contribution is 0.136. The Bertz CT molecular complexity index is 511. The number of rotatable bonds is 4. The van der Waals surface area contributed by atoms with E-state index in [-0.39, 0.29) is 12.6 Å². The Hall–Kier alpha value is -2.29. The standard InChI is InChI=1S/C16H17NO2.C2H6/c1-13(15-10-6-3-7-11-15)17-16(18)19-12-14-8-4-2-5-9-14;1-2/h2-11,13H,12H2,1H3,(H,17,18);1-2H3. The second-order valence-corrected chi connectivity index (χ2v) is 4.34. The fraction of sp³-hybridized carbons (Fsp3) is 0.278. The molecule has 21 heavy (non-hydrogen) atoms. The van der Waals surface area contributed by atoms with E-state index >= 15 is 0 Å². The minimum absolute atomic E-state index is 0.0653. The van der Waals surface area contributed by atoms with Gasteiger partial charge in [-0.25, -0.2) is 4.79 Å². The first kappa shape index (κ1) is 16.8. The molecule has 2 rings (SSSR count). The molecule has 0 saturated heterocycles. The third-order valence-corrected chi connectivity index (χ3v) is 2.85. The molecule has 0 heterocycles. The van der Waals surface area contributed by atoms with Crippen molar-refractivity contribution in [1.82, 2.24) is 5.32 Å². The first-order valence-corrected chi connectivity index (χ1v) is 7.28. The molecule has 1 N–H and O–H groups in total. The van der Waals surface area contributed by atoms with Gasteiger partial charge in [0.25, 0.3) is 0 Å². The van der Waals surface area contributed by atoms with E-state index in [1.54, 1.807) is 0 Å². The highest BCUT2D eigenvalue weighted by Gasteiger charge is 2.09. The van der Waals surface area contributed by atoms with Crippen molar-refractivity contribution in [2.24, 2.45) is 0 Å². The molecule has 0 aromatic heterocycles. The summed E-state index contributed by atoms with van der Waals surface area (Å²) in [6.45, 7) is 6.22. The van der Waals surface area contributed by atoms with Crippen molar-refractivity contribution < 1.29 is 9.53 Å². The smallest absolute Gasteiger partial charge is 0.407 e. The third kappa shape index (κ3) is 6.13. The maximum Gasteiger partial charge on any atom is 0.407 e. The van der Waals surface area contributed by atoms with E-state index in [9.17, 15) is 4.79 Å². The van der Waals surface area contributed by atoms with Crippen molar-refractivity contribution in [3.63, 3.8) is 0 Å². The number of carbonyl (C=O) groups excluding carboxylic acids is 1. The highest BCUT2D eigenvalue weighted by Crippen LogP contribution is 2.11. The SMILES string of the molecule is CC.CC(NC(=O)OCc1ccccc1)c1ccccc1. The lowest BCUT2D eigenvalue weighted by Gasteiger charge is -2.14. The summed E-state index contributed by atoms with van der Waals surface area (Å²) >= 11 is 0. The number of hydrogen-bond acceptors (Lipinski definition) is 2. The normalized spacial score (nSPS) is 10.8. The molecule has 1 atom stereocenters. The van der Waals surface area contributed by atoms with Crippen molar-refractivity contribution in [3.05, 3.63) is 71.8 Å². The molecule has 2 aromatic rings. The molecule has 0 radical (unpaired) electrons. The van der Waals surface area contributed by atoms with Crippen LogP contribution >= 0.6 is 0 Å². The Morgan fingerprint density at radius 2 is 1.52 bits per heavy atom. The predicted molar refractivity (Wildman–Crippen MR) is 86.0 cm³/mol. The van der Waals surface area contributed by atoms with E-state index in [1.165, 1.54) is 0 Å². The Balaban J connectivity index is 0.00000106. The fourth-order valence-corrected chi connectivity index (χ4v) is 1.77. The summed E-state index contributed by atoms with van der Waals surface area (Å²) in [5, 5.41) is 2.81. The molecule has 0 aliphatic heterocycles. The summed E-state index contributed by atoms with van der Waals surface area (Å²) in [5.74, 6) is 0. The van der Waals surface area contributed by atoms with Gasteiger partial charge in [0.05, 0.1) is 6.04 Å². The van der Waals surface area contributed by atoms with Crippen LogP contribution < -0.4 is 5.32 Å². The zero-order chi connectivity index (χ0) is 15.5. The molecular formula is C18H23NO2. The van der Waals surface area contributed by atoms with Gasteiger partial charge in [-0.15, -0.1) is 0 Å². The molecule has 3 nitrogen and oxygen atoms in total. The quantitative estimate of drug-likeness (QED) is 0.884. The van der Waals surface area contributed by atoms with E-state index in [4.69, 9.17) is 4.74 Å². The number of benzene rings is 2. The van der Waals surface area contributed by atoms with Crippen LogP contribution in [0.15, 0.2) is 60.7 Å². The summed E-state index contributed by atoms with van der Waals surface area (Å²) in [4.78, 5) is 11.7. The van der Waals surface area contributed by atoms with Crippen LogP contribution in [0, 0.1) is 0 Å². The molecule has 0 aliphatic carbocycles. The number of amides is 1. The van der Waals surface area contributed by atoms with E-state index in [2.05, 4.69) is 5.32 Å². The second-order valence-electron chi connectivity index (χ2n) is 4.34. The zero-order valence-electron chi connectivity index (χ0n) is 12.9. The molecule has 2 aromatic carbocycles. The van der Waals surface area contributed by atoms with Gasteiger partial charge in [-0.05, 0) is 18.1 Å². The maximum absolute atomic E-state index is 11.7. The monoisotopic (exact) mass is 285 g/mol. The molecule has 0 fully saturated rings. The predicted octanol–water partition coefficient (Wildman–Crippen LogP) is 4.70. The molecule has 0 saturated carbocycles. The Morgan fingerprint density at radius 3 is 2.10 bits per heavy atom. The number of carbonyl (C=O) groups is 1. The molecule has 0 aliphatic rings. The lowest BCUT2D eigenvalue weighted by atomic mass is 10.1. The van der Waals surface area contributed by atoms with Gasteiger partial charge in [-0.2, -0.15) is 0 Å². The van der Waals surface area contributed by atoms with Crippen LogP contribution in [0.4, 0.5) is 4.79 Å². The summed E-state index contributed by atoms with van der Waals surface area (Å²) in [6.07, 6.45) is -0.403. The van der Waals surface area contributed by atoms with Crippen LogP contribution in [-0.4, -0.2) is 6.09 Å².